The lowest BCUT2D eigenvalue weighted by molar-refractivity contribution is -0.139. The van der Waals surface area contributed by atoms with Gasteiger partial charge < -0.3 is 15.0 Å². The van der Waals surface area contributed by atoms with Gasteiger partial charge in [-0.1, -0.05) is 43.3 Å². The lowest BCUT2D eigenvalue weighted by Crippen LogP contribution is -2.51. The number of anilines is 1. The Balaban J connectivity index is 2.02. The SMILES string of the molecule is CCCNC(=O)[C@@H](C)N(Cc1ccc(F)cc1)C(=O)CN(c1cccc(OC)c1)S(=O)(=O)c1ccccc1. The van der Waals surface area contributed by atoms with Crippen LogP contribution in [0.3, 0.4) is 0 Å². The average molecular weight is 542 g/mol. The summed E-state index contributed by atoms with van der Waals surface area (Å²) in [5.41, 5.74) is 0.820. The molecule has 202 valence electrons. The normalized spacial score (nSPS) is 11.9. The largest absolute Gasteiger partial charge is 0.497 e. The van der Waals surface area contributed by atoms with Crippen LogP contribution in [0.2, 0.25) is 0 Å². The molecule has 0 fully saturated rings. The molecule has 0 spiro atoms. The fraction of sp³-hybridized carbons (Fsp3) is 0.286. The molecule has 0 radical (unpaired) electrons. The van der Waals surface area contributed by atoms with Crippen molar-refractivity contribution in [2.45, 2.75) is 37.8 Å². The minimum atomic E-state index is -4.17. The van der Waals surface area contributed by atoms with Gasteiger partial charge in [-0.15, -0.1) is 0 Å². The number of halogens is 1. The summed E-state index contributed by atoms with van der Waals surface area (Å²) in [5.74, 6) is -0.992. The molecule has 0 saturated heterocycles. The number of ether oxygens (including phenoxy) is 1. The Hall–Kier alpha value is -3.92. The molecule has 1 atom stereocenters. The molecule has 0 aliphatic carbocycles. The number of carbonyl (C=O) groups is 2. The Morgan fingerprint density at radius 1 is 1.00 bits per heavy atom. The van der Waals surface area contributed by atoms with Crippen LogP contribution in [0.5, 0.6) is 5.75 Å². The number of nitrogens with one attached hydrogen (secondary N) is 1. The molecule has 0 bridgehead atoms. The van der Waals surface area contributed by atoms with Gasteiger partial charge in [-0.3, -0.25) is 13.9 Å². The van der Waals surface area contributed by atoms with Crippen LogP contribution in [-0.2, 0) is 26.2 Å². The van der Waals surface area contributed by atoms with E-state index in [1.54, 1.807) is 43.3 Å². The topological polar surface area (TPSA) is 96.0 Å². The Morgan fingerprint density at radius 2 is 1.68 bits per heavy atom. The molecule has 2 amide bonds. The lowest BCUT2D eigenvalue weighted by atomic mass is 10.1. The molecule has 3 rings (SSSR count). The van der Waals surface area contributed by atoms with E-state index in [1.807, 2.05) is 6.92 Å². The van der Waals surface area contributed by atoms with Crippen LogP contribution in [0.25, 0.3) is 0 Å². The van der Waals surface area contributed by atoms with Gasteiger partial charge in [0.25, 0.3) is 10.0 Å². The van der Waals surface area contributed by atoms with Crippen molar-refractivity contribution >= 4 is 27.5 Å². The first-order valence-corrected chi connectivity index (χ1v) is 13.6. The monoisotopic (exact) mass is 541 g/mol. The number of nitrogens with zero attached hydrogens (tertiary/aromatic N) is 2. The van der Waals surface area contributed by atoms with E-state index in [4.69, 9.17) is 4.74 Å². The number of amides is 2. The first kappa shape index (κ1) is 28.6. The highest BCUT2D eigenvalue weighted by molar-refractivity contribution is 7.92. The summed E-state index contributed by atoms with van der Waals surface area (Å²) in [6.45, 7) is 3.33. The molecule has 0 aromatic heterocycles. The predicted octanol–water partition coefficient (Wildman–Crippen LogP) is 3.97. The second-order valence-corrected chi connectivity index (χ2v) is 10.5. The third kappa shape index (κ3) is 7.10. The first-order chi connectivity index (χ1) is 18.2. The fourth-order valence-corrected chi connectivity index (χ4v) is 5.21. The zero-order valence-electron chi connectivity index (χ0n) is 21.6. The van der Waals surface area contributed by atoms with E-state index >= 15 is 0 Å². The Kier molecular flexibility index (Phi) is 9.84. The number of sulfonamides is 1. The van der Waals surface area contributed by atoms with E-state index in [0.717, 1.165) is 4.31 Å². The molecule has 0 saturated carbocycles. The molecule has 1 N–H and O–H groups in total. The third-order valence-corrected chi connectivity index (χ3v) is 7.72. The van der Waals surface area contributed by atoms with Crippen LogP contribution in [-0.4, -0.2) is 51.4 Å². The number of methoxy groups -OCH3 is 1. The maximum Gasteiger partial charge on any atom is 0.264 e. The summed E-state index contributed by atoms with van der Waals surface area (Å²) in [7, 11) is -2.71. The minimum absolute atomic E-state index is 0.00874. The van der Waals surface area contributed by atoms with Crippen molar-refractivity contribution in [3.63, 3.8) is 0 Å². The van der Waals surface area contributed by atoms with E-state index in [-0.39, 0.29) is 23.0 Å². The second kappa shape index (κ2) is 13.0. The maximum absolute atomic E-state index is 13.8. The first-order valence-electron chi connectivity index (χ1n) is 12.2. The van der Waals surface area contributed by atoms with Crippen LogP contribution in [0.1, 0.15) is 25.8 Å². The zero-order chi connectivity index (χ0) is 27.7. The number of benzene rings is 3. The smallest absolute Gasteiger partial charge is 0.264 e. The number of rotatable bonds is 12. The molecule has 3 aromatic carbocycles. The van der Waals surface area contributed by atoms with Gasteiger partial charge in [-0.25, -0.2) is 12.8 Å². The number of hydrogen-bond acceptors (Lipinski definition) is 5. The van der Waals surface area contributed by atoms with Crippen LogP contribution >= 0.6 is 0 Å². The molecule has 3 aromatic rings. The number of hydrogen-bond donors (Lipinski definition) is 1. The van der Waals surface area contributed by atoms with E-state index in [9.17, 15) is 22.4 Å². The van der Waals surface area contributed by atoms with Crippen LogP contribution in [0.4, 0.5) is 10.1 Å². The van der Waals surface area contributed by atoms with Gasteiger partial charge in [0.05, 0.1) is 17.7 Å². The van der Waals surface area contributed by atoms with Crippen molar-refractivity contribution in [1.82, 2.24) is 10.2 Å². The van der Waals surface area contributed by atoms with E-state index in [1.165, 1.54) is 54.5 Å². The molecular formula is C28H32FN3O5S. The fourth-order valence-electron chi connectivity index (χ4n) is 3.78. The van der Waals surface area contributed by atoms with Crippen molar-refractivity contribution in [1.29, 1.82) is 0 Å². The Morgan fingerprint density at radius 3 is 2.32 bits per heavy atom. The van der Waals surface area contributed by atoms with Gasteiger partial charge in [-0.2, -0.15) is 0 Å². The molecular weight excluding hydrogens is 509 g/mol. The predicted molar refractivity (Wildman–Crippen MR) is 144 cm³/mol. The second-order valence-electron chi connectivity index (χ2n) is 8.64. The van der Waals surface area contributed by atoms with Gasteiger partial charge in [0, 0.05) is 19.2 Å². The average Bonchev–Trinajstić information content (AvgIpc) is 2.94. The van der Waals surface area contributed by atoms with E-state index in [2.05, 4.69) is 5.32 Å². The summed E-state index contributed by atoms with van der Waals surface area (Å²) in [4.78, 5) is 27.9. The van der Waals surface area contributed by atoms with Gasteiger partial charge in [-0.05, 0) is 55.3 Å². The summed E-state index contributed by atoms with van der Waals surface area (Å²) in [5, 5.41) is 2.78. The van der Waals surface area contributed by atoms with Crippen molar-refractivity contribution in [3.8, 4) is 5.75 Å². The standard InChI is InChI=1S/C28H32FN3O5S/c1-4-17-30-28(34)21(2)31(19-22-13-15-23(29)16-14-22)27(33)20-32(24-9-8-10-25(18-24)37-3)38(35,36)26-11-6-5-7-12-26/h5-16,18,21H,4,17,19-20H2,1-3H3,(H,30,34)/t21-/m1/s1. The highest BCUT2D eigenvalue weighted by Crippen LogP contribution is 2.27. The number of carbonyl (C=O) groups excluding carboxylic acids is 2. The van der Waals surface area contributed by atoms with Crippen LogP contribution in [0.15, 0.2) is 83.8 Å². The molecule has 10 heteroatoms. The Labute approximate surface area is 223 Å². The molecule has 38 heavy (non-hydrogen) atoms. The minimum Gasteiger partial charge on any atom is -0.497 e. The summed E-state index contributed by atoms with van der Waals surface area (Å²) < 4.78 is 47.2. The highest BCUT2D eigenvalue weighted by Gasteiger charge is 2.32. The van der Waals surface area contributed by atoms with Gasteiger partial charge in [0.15, 0.2) is 0 Å². The van der Waals surface area contributed by atoms with Crippen molar-refractivity contribution < 1.29 is 27.1 Å². The zero-order valence-corrected chi connectivity index (χ0v) is 22.4. The van der Waals surface area contributed by atoms with Gasteiger partial charge in [0.1, 0.15) is 24.2 Å². The van der Waals surface area contributed by atoms with E-state index < -0.39 is 34.3 Å². The highest BCUT2D eigenvalue weighted by atomic mass is 32.2. The summed E-state index contributed by atoms with van der Waals surface area (Å²) in [6, 6.07) is 18.8. The quantitative estimate of drug-likeness (QED) is 0.374. The molecule has 0 heterocycles. The van der Waals surface area contributed by atoms with Crippen LogP contribution < -0.4 is 14.4 Å². The lowest BCUT2D eigenvalue weighted by Gasteiger charge is -2.32. The molecule has 0 aliphatic rings. The van der Waals surface area contributed by atoms with Crippen molar-refractivity contribution in [2.24, 2.45) is 0 Å². The van der Waals surface area contributed by atoms with Gasteiger partial charge in [0.2, 0.25) is 11.8 Å². The Bertz CT molecular complexity index is 1330. The summed E-state index contributed by atoms with van der Waals surface area (Å²) in [6.07, 6.45) is 0.712. The molecule has 0 unspecified atom stereocenters. The maximum atomic E-state index is 13.8. The third-order valence-electron chi connectivity index (χ3n) is 5.93. The van der Waals surface area contributed by atoms with Crippen LogP contribution in [0, 0.1) is 5.82 Å². The molecule has 8 nitrogen and oxygen atoms in total. The summed E-state index contributed by atoms with van der Waals surface area (Å²) >= 11 is 0. The van der Waals surface area contributed by atoms with Gasteiger partial charge >= 0.3 is 0 Å². The molecule has 0 aliphatic heterocycles. The van der Waals surface area contributed by atoms with E-state index in [0.29, 0.717) is 24.3 Å². The van der Waals surface area contributed by atoms with Crippen molar-refractivity contribution in [2.75, 3.05) is 24.5 Å². The van der Waals surface area contributed by atoms with Crippen molar-refractivity contribution in [3.05, 3.63) is 90.2 Å².